The lowest BCUT2D eigenvalue weighted by Gasteiger charge is -2.30. The highest BCUT2D eigenvalue weighted by atomic mass is 35.5. The number of nitrogens with zero attached hydrogens (tertiary/aromatic N) is 5. The average Bonchev–Trinajstić information content (AvgIpc) is 3.03. The fourth-order valence-corrected chi connectivity index (χ4v) is 3.64. The predicted molar refractivity (Wildman–Crippen MR) is 102 cm³/mol. The van der Waals surface area contributed by atoms with E-state index in [1.807, 2.05) is 33.0 Å². The zero-order valence-electron chi connectivity index (χ0n) is 15.7. The van der Waals surface area contributed by atoms with E-state index in [1.165, 1.54) is 5.56 Å². The predicted octanol–water partition coefficient (Wildman–Crippen LogP) is 3.34. The van der Waals surface area contributed by atoms with E-state index in [4.69, 9.17) is 16.3 Å². The van der Waals surface area contributed by atoms with Gasteiger partial charge in [-0.2, -0.15) is 0 Å². The van der Waals surface area contributed by atoms with E-state index < -0.39 is 5.60 Å². The highest BCUT2D eigenvalue weighted by Gasteiger charge is 2.33. The molecule has 0 saturated carbocycles. The van der Waals surface area contributed by atoms with Crippen LogP contribution in [0.25, 0.3) is 0 Å². The molecule has 0 bridgehead atoms. The Labute approximate surface area is 163 Å². The molecule has 0 saturated heterocycles. The van der Waals surface area contributed by atoms with Gasteiger partial charge in [0.05, 0.1) is 31.0 Å². The second-order valence-corrected chi connectivity index (χ2v) is 8.20. The fraction of sp³-hybridized carbons (Fsp3) is 0.474. The van der Waals surface area contributed by atoms with Crippen molar-refractivity contribution < 1.29 is 9.53 Å². The molecule has 2 aromatic heterocycles. The molecule has 0 aliphatic carbocycles. The Morgan fingerprint density at radius 1 is 1.19 bits per heavy atom. The maximum Gasteiger partial charge on any atom is 0.410 e. The molecule has 0 fully saturated rings. The van der Waals surface area contributed by atoms with E-state index in [1.54, 1.807) is 4.90 Å². The van der Waals surface area contributed by atoms with Crippen LogP contribution in [0.5, 0.6) is 0 Å². The van der Waals surface area contributed by atoms with Gasteiger partial charge in [-0.25, -0.2) is 14.8 Å². The van der Waals surface area contributed by atoms with Crippen LogP contribution < -0.4 is 4.90 Å². The van der Waals surface area contributed by atoms with Gasteiger partial charge in [0.2, 0.25) is 5.28 Å². The number of anilines is 1. The maximum absolute atomic E-state index is 12.5. The Morgan fingerprint density at radius 2 is 2.00 bits per heavy atom. The number of ether oxygens (including phenoxy) is 1. The minimum absolute atomic E-state index is 0.196. The summed E-state index contributed by atoms with van der Waals surface area (Å²) < 4.78 is 5.50. The van der Waals surface area contributed by atoms with Crippen LogP contribution in [-0.2, 0) is 30.8 Å². The number of rotatable bonds is 1. The first-order chi connectivity index (χ1) is 12.8. The molecule has 2 aromatic rings. The summed E-state index contributed by atoms with van der Waals surface area (Å²) in [4.78, 5) is 29.6. The average molecular weight is 388 g/mol. The van der Waals surface area contributed by atoms with Crippen LogP contribution in [0.3, 0.4) is 0 Å². The van der Waals surface area contributed by atoms with E-state index in [-0.39, 0.29) is 11.4 Å². The minimum Gasteiger partial charge on any atom is -0.444 e. The van der Waals surface area contributed by atoms with Crippen molar-refractivity contribution in [2.45, 2.75) is 52.4 Å². The number of amides is 1. The van der Waals surface area contributed by atoms with Crippen molar-refractivity contribution in [2.24, 2.45) is 0 Å². The molecule has 0 radical (unpaired) electrons. The molecular formula is C19H22ClN5O2. The molecule has 0 unspecified atom stereocenters. The van der Waals surface area contributed by atoms with Gasteiger partial charge in [0.15, 0.2) is 0 Å². The topological polar surface area (TPSA) is 71.5 Å². The Kier molecular flexibility index (Phi) is 4.42. The van der Waals surface area contributed by atoms with Crippen LogP contribution in [-0.4, -0.2) is 38.1 Å². The van der Waals surface area contributed by atoms with E-state index in [2.05, 4.69) is 25.9 Å². The Bertz CT molecular complexity index is 896. The van der Waals surface area contributed by atoms with Crippen molar-refractivity contribution in [3.8, 4) is 0 Å². The number of carbonyl (C=O) groups is 1. The van der Waals surface area contributed by atoms with Gasteiger partial charge in [-0.05, 0) is 50.4 Å². The van der Waals surface area contributed by atoms with Crippen LogP contribution in [0.2, 0.25) is 5.28 Å². The lowest BCUT2D eigenvalue weighted by molar-refractivity contribution is 0.0241. The molecular weight excluding hydrogens is 366 g/mol. The van der Waals surface area contributed by atoms with Crippen molar-refractivity contribution in [2.75, 3.05) is 11.4 Å². The van der Waals surface area contributed by atoms with Gasteiger partial charge in [0.1, 0.15) is 11.4 Å². The number of aromatic nitrogens is 3. The van der Waals surface area contributed by atoms with Crippen molar-refractivity contribution in [3.63, 3.8) is 0 Å². The van der Waals surface area contributed by atoms with Crippen LogP contribution >= 0.6 is 11.6 Å². The number of fused-ring (bicyclic) bond motifs is 2. The summed E-state index contributed by atoms with van der Waals surface area (Å²) in [6.45, 7) is 7.86. The maximum atomic E-state index is 12.5. The van der Waals surface area contributed by atoms with Crippen LogP contribution in [0.1, 0.15) is 43.3 Å². The quantitative estimate of drug-likeness (QED) is 0.699. The van der Waals surface area contributed by atoms with Crippen molar-refractivity contribution in [1.82, 2.24) is 19.9 Å². The van der Waals surface area contributed by atoms with Crippen LogP contribution in [0.15, 0.2) is 18.3 Å². The first kappa shape index (κ1) is 18.0. The molecule has 0 spiro atoms. The Balaban J connectivity index is 1.60. The number of pyridine rings is 1. The lowest BCUT2D eigenvalue weighted by Crippen LogP contribution is -2.34. The first-order valence-corrected chi connectivity index (χ1v) is 9.39. The second kappa shape index (κ2) is 6.64. The summed E-state index contributed by atoms with van der Waals surface area (Å²) in [7, 11) is 0. The van der Waals surface area contributed by atoms with Crippen molar-refractivity contribution >= 4 is 23.5 Å². The third kappa shape index (κ3) is 3.69. The van der Waals surface area contributed by atoms with E-state index >= 15 is 0 Å². The van der Waals surface area contributed by atoms with Crippen molar-refractivity contribution in [1.29, 1.82) is 0 Å². The summed E-state index contributed by atoms with van der Waals surface area (Å²) in [6, 6.07) is 4.08. The van der Waals surface area contributed by atoms with E-state index in [0.29, 0.717) is 19.6 Å². The third-order valence-corrected chi connectivity index (χ3v) is 4.83. The lowest BCUT2D eigenvalue weighted by atomic mass is 10.0. The summed E-state index contributed by atoms with van der Waals surface area (Å²) in [6.07, 6.45) is 2.35. The summed E-state index contributed by atoms with van der Waals surface area (Å²) >= 11 is 6.18. The smallest absolute Gasteiger partial charge is 0.410 e. The minimum atomic E-state index is -0.541. The molecule has 0 N–H and O–H groups in total. The number of hydrogen-bond acceptors (Lipinski definition) is 6. The zero-order chi connectivity index (χ0) is 19.2. The van der Waals surface area contributed by atoms with Crippen LogP contribution in [0.4, 0.5) is 10.6 Å². The van der Waals surface area contributed by atoms with Gasteiger partial charge < -0.3 is 9.64 Å². The second-order valence-electron chi connectivity index (χ2n) is 7.86. The monoisotopic (exact) mass is 387 g/mol. The standard InChI is InChI=1S/C19H22ClN5O2/c1-19(2,3)27-18(26)25-9-13-15(11-25)22-17(20)23-16(13)24-8-6-12-5-4-7-21-14(12)10-24/h4-5,7H,6,8-11H2,1-3H3. The molecule has 4 rings (SSSR count). The number of halogens is 1. The molecule has 27 heavy (non-hydrogen) atoms. The normalized spacial score (nSPS) is 16.1. The molecule has 2 aliphatic rings. The van der Waals surface area contributed by atoms with E-state index in [9.17, 15) is 4.79 Å². The third-order valence-electron chi connectivity index (χ3n) is 4.66. The van der Waals surface area contributed by atoms with E-state index in [0.717, 1.165) is 35.7 Å². The van der Waals surface area contributed by atoms with Gasteiger partial charge >= 0.3 is 6.09 Å². The van der Waals surface area contributed by atoms with Gasteiger partial charge in [-0.1, -0.05) is 6.07 Å². The molecule has 2 aliphatic heterocycles. The molecule has 4 heterocycles. The first-order valence-electron chi connectivity index (χ1n) is 9.01. The Hall–Kier alpha value is -2.41. The largest absolute Gasteiger partial charge is 0.444 e. The Morgan fingerprint density at radius 3 is 2.78 bits per heavy atom. The highest BCUT2D eigenvalue weighted by Crippen LogP contribution is 2.33. The fourth-order valence-electron chi connectivity index (χ4n) is 3.46. The van der Waals surface area contributed by atoms with Crippen molar-refractivity contribution in [3.05, 3.63) is 46.1 Å². The molecule has 0 aromatic carbocycles. The number of hydrogen-bond donors (Lipinski definition) is 0. The highest BCUT2D eigenvalue weighted by molar-refractivity contribution is 6.28. The molecule has 0 atom stereocenters. The molecule has 7 nitrogen and oxygen atoms in total. The molecule has 142 valence electrons. The number of carbonyl (C=O) groups excluding carboxylic acids is 1. The summed E-state index contributed by atoms with van der Waals surface area (Å²) in [5.74, 6) is 0.785. The van der Waals surface area contributed by atoms with Gasteiger partial charge in [-0.3, -0.25) is 9.88 Å². The van der Waals surface area contributed by atoms with Gasteiger partial charge in [-0.15, -0.1) is 0 Å². The van der Waals surface area contributed by atoms with Gasteiger partial charge in [0, 0.05) is 18.3 Å². The SMILES string of the molecule is CC(C)(C)OC(=O)N1Cc2nc(Cl)nc(N3CCc4cccnc4C3)c2C1. The molecule has 1 amide bonds. The molecule has 8 heteroatoms. The summed E-state index contributed by atoms with van der Waals surface area (Å²) in [5, 5.41) is 0.196. The van der Waals surface area contributed by atoms with Crippen LogP contribution in [0, 0.1) is 0 Å². The van der Waals surface area contributed by atoms with Gasteiger partial charge in [0.25, 0.3) is 0 Å². The summed E-state index contributed by atoms with van der Waals surface area (Å²) in [5.41, 5.74) is 3.49. The zero-order valence-corrected chi connectivity index (χ0v) is 16.5.